The van der Waals surface area contributed by atoms with Gasteiger partial charge in [-0.1, -0.05) is 30.3 Å². The topological polar surface area (TPSA) is 141 Å². The largest absolute Gasteiger partial charge is 0.508 e. The maximum atomic E-state index is 14.1. The van der Waals surface area contributed by atoms with Crippen LogP contribution in [-0.4, -0.2) is 68.7 Å². The number of Topliss-reactive ketones (excluding diaryl/α,β-unsaturated/α-hetero) is 1. The van der Waals surface area contributed by atoms with E-state index in [1.165, 1.54) is 46.2 Å². The first-order valence-electron chi connectivity index (χ1n) is 12.3. The Kier molecular flexibility index (Phi) is 6.59. The SMILES string of the molecule is NC(=O)c1ccccc1[C@H](Cc1ccc(O)cc1)C(=O)N1CCC2C1C(=O)CN2C(=O)c1ccc(O)cc1. The molecule has 2 heterocycles. The van der Waals surface area contributed by atoms with Crippen LogP contribution >= 0.6 is 0 Å². The molecular formula is C29H27N3O6. The second-order valence-electron chi connectivity index (χ2n) is 9.65. The number of nitrogens with zero attached hydrogens (tertiary/aromatic N) is 2. The lowest BCUT2D eigenvalue weighted by Crippen LogP contribution is -2.45. The maximum absolute atomic E-state index is 14.1. The minimum absolute atomic E-state index is 0.0328. The lowest BCUT2D eigenvalue weighted by atomic mass is 9.87. The highest BCUT2D eigenvalue weighted by atomic mass is 16.3. The molecule has 38 heavy (non-hydrogen) atoms. The molecule has 4 N–H and O–H groups in total. The second-order valence-corrected chi connectivity index (χ2v) is 9.65. The lowest BCUT2D eigenvalue weighted by molar-refractivity contribution is -0.137. The highest BCUT2D eigenvalue weighted by molar-refractivity contribution is 6.03. The minimum atomic E-state index is -0.809. The number of carbonyl (C=O) groups is 4. The molecule has 3 amide bonds. The third kappa shape index (κ3) is 4.58. The summed E-state index contributed by atoms with van der Waals surface area (Å²) in [6.45, 7) is 0.170. The Morgan fingerprint density at radius 2 is 1.53 bits per heavy atom. The van der Waals surface area contributed by atoms with Gasteiger partial charge < -0.3 is 25.7 Å². The fourth-order valence-corrected chi connectivity index (χ4v) is 5.53. The number of likely N-dealkylation sites (tertiary alicyclic amines) is 2. The van der Waals surface area contributed by atoms with Gasteiger partial charge >= 0.3 is 0 Å². The molecule has 0 aromatic heterocycles. The number of phenolic OH excluding ortho intramolecular Hbond substituents is 2. The number of fused-ring (bicyclic) bond motifs is 1. The molecule has 3 aromatic carbocycles. The molecule has 0 bridgehead atoms. The van der Waals surface area contributed by atoms with Crippen molar-refractivity contribution in [3.05, 3.63) is 95.1 Å². The zero-order valence-corrected chi connectivity index (χ0v) is 20.5. The predicted octanol–water partition coefficient (Wildman–Crippen LogP) is 2.22. The van der Waals surface area contributed by atoms with Crippen LogP contribution in [-0.2, 0) is 16.0 Å². The van der Waals surface area contributed by atoms with Gasteiger partial charge in [0.2, 0.25) is 11.8 Å². The Morgan fingerprint density at radius 1 is 0.895 bits per heavy atom. The molecular weight excluding hydrogens is 486 g/mol. The highest BCUT2D eigenvalue weighted by Crippen LogP contribution is 2.35. The van der Waals surface area contributed by atoms with Crippen LogP contribution in [0, 0.1) is 0 Å². The first-order valence-corrected chi connectivity index (χ1v) is 12.3. The number of primary amides is 1. The standard InChI is InChI=1S/C29H27N3O6/c30-27(36)22-4-2-1-3-21(22)23(15-17-5-9-19(33)10-6-17)29(38)31-14-13-24-26(31)25(35)16-32(24)28(37)18-7-11-20(34)12-8-18/h1-12,23-24,26,33-34H,13-16H2,(H2,30,36)/t23-,24?,26?/m0/s1. The third-order valence-electron chi connectivity index (χ3n) is 7.36. The molecule has 3 aromatic rings. The van der Waals surface area contributed by atoms with Crippen LogP contribution in [0.2, 0.25) is 0 Å². The number of hydrogen-bond donors (Lipinski definition) is 3. The van der Waals surface area contributed by atoms with E-state index >= 15 is 0 Å². The summed E-state index contributed by atoms with van der Waals surface area (Å²) in [5.74, 6) is -2.23. The molecule has 3 atom stereocenters. The average Bonchev–Trinajstić information content (AvgIpc) is 3.49. The van der Waals surface area contributed by atoms with Crippen molar-refractivity contribution in [2.24, 2.45) is 5.73 Å². The summed E-state index contributed by atoms with van der Waals surface area (Å²) in [6.07, 6.45) is 0.664. The molecule has 194 valence electrons. The van der Waals surface area contributed by atoms with Gasteiger partial charge in [0.1, 0.15) is 17.5 Å². The van der Waals surface area contributed by atoms with Gasteiger partial charge in [-0.05, 0) is 66.4 Å². The van der Waals surface area contributed by atoms with E-state index in [-0.39, 0.29) is 54.2 Å². The fourth-order valence-electron chi connectivity index (χ4n) is 5.53. The Bertz CT molecular complexity index is 1400. The number of ketones is 1. The lowest BCUT2D eigenvalue weighted by Gasteiger charge is -2.29. The van der Waals surface area contributed by atoms with Crippen LogP contribution < -0.4 is 5.73 Å². The van der Waals surface area contributed by atoms with Crippen molar-refractivity contribution in [3.8, 4) is 11.5 Å². The minimum Gasteiger partial charge on any atom is -0.508 e. The first-order chi connectivity index (χ1) is 18.2. The summed E-state index contributed by atoms with van der Waals surface area (Å²) in [5, 5.41) is 19.2. The Balaban J connectivity index is 1.45. The third-order valence-corrected chi connectivity index (χ3v) is 7.36. The van der Waals surface area contributed by atoms with E-state index in [0.717, 1.165) is 5.56 Å². The number of phenols is 2. The second kappa shape index (κ2) is 10.0. The number of aromatic hydroxyl groups is 2. The van der Waals surface area contributed by atoms with E-state index in [9.17, 15) is 29.4 Å². The van der Waals surface area contributed by atoms with Crippen LogP contribution in [0.25, 0.3) is 0 Å². The zero-order chi connectivity index (χ0) is 27.0. The summed E-state index contributed by atoms with van der Waals surface area (Å²) in [7, 11) is 0. The molecule has 0 radical (unpaired) electrons. The molecule has 5 rings (SSSR count). The monoisotopic (exact) mass is 513 g/mol. The molecule has 0 saturated carbocycles. The van der Waals surface area contributed by atoms with Crippen molar-refractivity contribution in [1.82, 2.24) is 9.80 Å². The summed E-state index contributed by atoms with van der Waals surface area (Å²) >= 11 is 0. The number of rotatable bonds is 6. The van der Waals surface area contributed by atoms with Crippen molar-refractivity contribution in [2.75, 3.05) is 13.1 Å². The number of nitrogens with two attached hydrogens (primary N) is 1. The molecule has 0 spiro atoms. The Morgan fingerprint density at radius 3 is 2.18 bits per heavy atom. The summed E-state index contributed by atoms with van der Waals surface area (Å²) in [6, 6.07) is 17.7. The van der Waals surface area contributed by atoms with Gasteiger partial charge in [0.15, 0.2) is 5.78 Å². The number of hydrogen-bond acceptors (Lipinski definition) is 6. The fraction of sp³-hybridized carbons (Fsp3) is 0.241. The van der Waals surface area contributed by atoms with Crippen molar-refractivity contribution < 1.29 is 29.4 Å². The summed E-state index contributed by atoms with van der Waals surface area (Å²) in [5.41, 5.74) is 7.43. The summed E-state index contributed by atoms with van der Waals surface area (Å²) in [4.78, 5) is 55.7. The maximum Gasteiger partial charge on any atom is 0.254 e. The molecule has 2 aliphatic rings. The first kappa shape index (κ1) is 25.0. The van der Waals surface area contributed by atoms with Gasteiger partial charge in [-0.2, -0.15) is 0 Å². The molecule has 2 fully saturated rings. The molecule has 9 nitrogen and oxygen atoms in total. The van der Waals surface area contributed by atoms with Crippen LogP contribution in [0.3, 0.4) is 0 Å². The number of carbonyl (C=O) groups excluding carboxylic acids is 4. The van der Waals surface area contributed by atoms with Crippen molar-refractivity contribution in [2.45, 2.75) is 30.8 Å². The van der Waals surface area contributed by atoms with Crippen LogP contribution in [0.15, 0.2) is 72.8 Å². The normalized spacial score (nSPS) is 19.3. The van der Waals surface area contributed by atoms with Crippen molar-refractivity contribution in [1.29, 1.82) is 0 Å². The number of amides is 3. The highest BCUT2D eigenvalue weighted by Gasteiger charge is 2.52. The average molecular weight is 514 g/mol. The van der Waals surface area contributed by atoms with E-state index in [4.69, 9.17) is 5.73 Å². The van der Waals surface area contributed by atoms with Gasteiger partial charge in [-0.25, -0.2) is 0 Å². The van der Waals surface area contributed by atoms with Crippen LogP contribution in [0.5, 0.6) is 11.5 Å². The van der Waals surface area contributed by atoms with E-state index in [1.807, 2.05) is 0 Å². The molecule has 2 saturated heterocycles. The Hall–Kier alpha value is -4.66. The van der Waals surface area contributed by atoms with Crippen LogP contribution in [0.1, 0.15) is 44.2 Å². The van der Waals surface area contributed by atoms with Gasteiger partial charge in [-0.15, -0.1) is 0 Å². The molecule has 0 aliphatic carbocycles. The number of benzene rings is 3. The van der Waals surface area contributed by atoms with Gasteiger partial charge in [0, 0.05) is 17.7 Å². The Labute approximate surface area is 219 Å². The van der Waals surface area contributed by atoms with Crippen molar-refractivity contribution in [3.63, 3.8) is 0 Å². The van der Waals surface area contributed by atoms with Gasteiger partial charge in [-0.3, -0.25) is 19.2 Å². The van der Waals surface area contributed by atoms with Crippen molar-refractivity contribution >= 4 is 23.5 Å². The van der Waals surface area contributed by atoms with Gasteiger partial charge in [0.25, 0.3) is 5.91 Å². The molecule has 2 unspecified atom stereocenters. The summed E-state index contributed by atoms with van der Waals surface area (Å²) < 4.78 is 0. The molecule has 2 aliphatic heterocycles. The van der Waals surface area contributed by atoms with E-state index < -0.39 is 23.9 Å². The van der Waals surface area contributed by atoms with E-state index in [0.29, 0.717) is 17.5 Å². The quantitative estimate of drug-likeness (QED) is 0.462. The van der Waals surface area contributed by atoms with Gasteiger partial charge in [0.05, 0.1) is 18.5 Å². The smallest absolute Gasteiger partial charge is 0.254 e. The zero-order valence-electron chi connectivity index (χ0n) is 20.5. The van der Waals surface area contributed by atoms with Crippen LogP contribution in [0.4, 0.5) is 0 Å². The predicted molar refractivity (Wildman–Crippen MR) is 138 cm³/mol. The molecule has 9 heteroatoms. The van der Waals surface area contributed by atoms with E-state index in [2.05, 4.69) is 0 Å². The van der Waals surface area contributed by atoms with E-state index in [1.54, 1.807) is 36.4 Å².